The van der Waals surface area contributed by atoms with Crippen LogP contribution in [-0.4, -0.2) is 36.8 Å². The van der Waals surface area contributed by atoms with Gasteiger partial charge in [-0.3, -0.25) is 0 Å². The van der Waals surface area contributed by atoms with Crippen molar-refractivity contribution < 1.29 is 9.50 Å². The van der Waals surface area contributed by atoms with E-state index in [9.17, 15) is 9.50 Å². The molecule has 2 nitrogen and oxygen atoms in total. The Bertz CT molecular complexity index is 344. The maximum absolute atomic E-state index is 13.5. The van der Waals surface area contributed by atoms with E-state index in [0.29, 0.717) is 18.4 Å². The van der Waals surface area contributed by atoms with Gasteiger partial charge in [0.25, 0.3) is 0 Å². The maximum Gasteiger partial charge on any atom is 0.127 e. The van der Waals surface area contributed by atoms with E-state index >= 15 is 0 Å². The number of nitrogens with zero attached hydrogens (tertiary/aromatic N) is 1. The van der Waals surface area contributed by atoms with E-state index in [2.05, 4.69) is 15.9 Å². The molecule has 0 fully saturated rings. The molecule has 0 aliphatic rings. The topological polar surface area (TPSA) is 23.5 Å². The van der Waals surface area contributed by atoms with Crippen LogP contribution in [0.25, 0.3) is 0 Å². The Morgan fingerprint density at radius 1 is 1.44 bits per heavy atom. The van der Waals surface area contributed by atoms with Crippen molar-refractivity contribution in [2.24, 2.45) is 0 Å². The summed E-state index contributed by atoms with van der Waals surface area (Å²) in [4.78, 5) is 2.00. The molecule has 0 aliphatic carbocycles. The van der Waals surface area contributed by atoms with Gasteiger partial charge in [0.05, 0.1) is 6.10 Å². The summed E-state index contributed by atoms with van der Waals surface area (Å²) in [6, 6.07) is 4.92. The van der Waals surface area contributed by atoms with Crippen LogP contribution < -0.4 is 0 Å². The first-order valence-corrected chi connectivity index (χ1v) is 6.05. The molecular weight excluding hydrogens is 273 g/mol. The van der Waals surface area contributed by atoms with Crippen molar-refractivity contribution in [3.63, 3.8) is 0 Å². The Morgan fingerprint density at radius 3 is 2.69 bits per heavy atom. The SMILES string of the molecule is CN(C)CCC(O)Cc1ccc(Br)cc1F. The lowest BCUT2D eigenvalue weighted by Gasteiger charge is -2.14. The summed E-state index contributed by atoms with van der Waals surface area (Å²) in [5.41, 5.74) is 0.564. The first kappa shape index (κ1) is 13.6. The van der Waals surface area contributed by atoms with E-state index in [1.165, 1.54) is 6.07 Å². The summed E-state index contributed by atoms with van der Waals surface area (Å²) < 4.78 is 14.2. The van der Waals surface area contributed by atoms with Gasteiger partial charge in [0, 0.05) is 10.9 Å². The highest BCUT2D eigenvalue weighted by molar-refractivity contribution is 9.10. The third-order valence-corrected chi connectivity index (χ3v) is 2.87. The van der Waals surface area contributed by atoms with E-state index in [0.717, 1.165) is 11.0 Å². The van der Waals surface area contributed by atoms with Crippen LogP contribution in [0.2, 0.25) is 0 Å². The second kappa shape index (κ2) is 6.33. The number of rotatable bonds is 5. The molecule has 1 unspecified atom stereocenters. The maximum atomic E-state index is 13.5. The number of aliphatic hydroxyl groups is 1. The molecule has 0 heterocycles. The summed E-state index contributed by atoms with van der Waals surface area (Å²) in [6.45, 7) is 0.805. The van der Waals surface area contributed by atoms with Crippen molar-refractivity contribution in [1.29, 1.82) is 0 Å². The van der Waals surface area contributed by atoms with E-state index in [1.54, 1.807) is 12.1 Å². The van der Waals surface area contributed by atoms with Gasteiger partial charge in [0.1, 0.15) is 5.82 Å². The number of hydrogen-bond donors (Lipinski definition) is 1. The first-order chi connectivity index (χ1) is 7.49. The second-order valence-corrected chi connectivity index (χ2v) is 5.10. The molecule has 1 rings (SSSR count). The number of hydrogen-bond acceptors (Lipinski definition) is 2. The van der Waals surface area contributed by atoms with Gasteiger partial charge in [-0.25, -0.2) is 4.39 Å². The van der Waals surface area contributed by atoms with Gasteiger partial charge in [-0.2, -0.15) is 0 Å². The molecule has 0 aromatic heterocycles. The smallest absolute Gasteiger partial charge is 0.127 e. The molecule has 1 atom stereocenters. The molecule has 0 amide bonds. The average Bonchev–Trinajstić information content (AvgIpc) is 2.19. The Morgan fingerprint density at radius 2 is 2.12 bits per heavy atom. The molecule has 1 N–H and O–H groups in total. The van der Waals surface area contributed by atoms with Crippen LogP contribution in [0.15, 0.2) is 22.7 Å². The molecule has 0 radical (unpaired) electrons. The summed E-state index contributed by atoms with van der Waals surface area (Å²) in [5, 5.41) is 9.74. The monoisotopic (exact) mass is 289 g/mol. The minimum Gasteiger partial charge on any atom is -0.393 e. The molecular formula is C12H17BrFNO. The molecule has 1 aromatic carbocycles. The van der Waals surface area contributed by atoms with Crippen molar-refractivity contribution in [2.45, 2.75) is 18.9 Å². The van der Waals surface area contributed by atoms with E-state index in [-0.39, 0.29) is 5.82 Å². The van der Waals surface area contributed by atoms with E-state index in [4.69, 9.17) is 0 Å². The standard InChI is InChI=1S/C12H17BrFNO/c1-15(2)6-5-11(16)7-9-3-4-10(13)8-12(9)14/h3-4,8,11,16H,5-7H2,1-2H3. The van der Waals surface area contributed by atoms with Crippen LogP contribution in [0.1, 0.15) is 12.0 Å². The van der Waals surface area contributed by atoms with E-state index < -0.39 is 6.10 Å². The highest BCUT2D eigenvalue weighted by Gasteiger charge is 2.10. The van der Waals surface area contributed by atoms with Gasteiger partial charge in [-0.05, 0) is 44.8 Å². The minimum atomic E-state index is -0.488. The summed E-state index contributed by atoms with van der Waals surface area (Å²) >= 11 is 3.20. The van der Waals surface area contributed by atoms with Crippen LogP contribution in [0.3, 0.4) is 0 Å². The van der Waals surface area contributed by atoms with Crippen LogP contribution >= 0.6 is 15.9 Å². The molecule has 0 aliphatic heterocycles. The Kier molecular flexibility index (Phi) is 5.38. The van der Waals surface area contributed by atoms with Gasteiger partial charge >= 0.3 is 0 Å². The normalized spacial score (nSPS) is 13.1. The second-order valence-electron chi connectivity index (χ2n) is 4.19. The average molecular weight is 290 g/mol. The Labute approximate surface area is 104 Å². The number of halogens is 2. The van der Waals surface area contributed by atoms with Gasteiger partial charge in [0.2, 0.25) is 0 Å². The Hall–Kier alpha value is -0.450. The minimum absolute atomic E-state index is 0.265. The predicted molar refractivity (Wildman–Crippen MR) is 67.0 cm³/mol. The quantitative estimate of drug-likeness (QED) is 0.900. The van der Waals surface area contributed by atoms with Crippen LogP contribution in [0.5, 0.6) is 0 Å². The largest absolute Gasteiger partial charge is 0.393 e. The highest BCUT2D eigenvalue weighted by Crippen LogP contribution is 2.17. The van der Waals surface area contributed by atoms with Gasteiger partial charge < -0.3 is 10.0 Å². The summed E-state index contributed by atoms with van der Waals surface area (Å²) in [6.07, 6.45) is 0.535. The van der Waals surface area contributed by atoms with Gasteiger partial charge in [-0.1, -0.05) is 22.0 Å². The first-order valence-electron chi connectivity index (χ1n) is 5.25. The van der Waals surface area contributed by atoms with Crippen molar-refractivity contribution in [3.05, 3.63) is 34.1 Å². The zero-order valence-corrected chi connectivity index (χ0v) is 11.2. The lowest BCUT2D eigenvalue weighted by Crippen LogP contribution is -2.21. The summed E-state index contributed by atoms with van der Waals surface area (Å²) in [5.74, 6) is -0.265. The van der Waals surface area contributed by atoms with Crippen molar-refractivity contribution in [2.75, 3.05) is 20.6 Å². The fraction of sp³-hybridized carbons (Fsp3) is 0.500. The molecule has 0 saturated carbocycles. The number of benzene rings is 1. The van der Waals surface area contributed by atoms with Crippen LogP contribution in [0, 0.1) is 5.82 Å². The van der Waals surface area contributed by atoms with E-state index in [1.807, 2.05) is 19.0 Å². The Balaban J connectivity index is 2.52. The third kappa shape index (κ3) is 4.60. The summed E-state index contributed by atoms with van der Waals surface area (Å²) in [7, 11) is 3.90. The molecule has 0 bridgehead atoms. The lowest BCUT2D eigenvalue weighted by molar-refractivity contribution is 0.151. The molecule has 1 aromatic rings. The molecule has 0 spiro atoms. The fourth-order valence-electron chi connectivity index (χ4n) is 1.45. The van der Waals surface area contributed by atoms with Crippen LogP contribution in [0.4, 0.5) is 4.39 Å². The van der Waals surface area contributed by atoms with Crippen LogP contribution in [-0.2, 0) is 6.42 Å². The molecule has 90 valence electrons. The van der Waals surface area contributed by atoms with Crippen molar-refractivity contribution >= 4 is 15.9 Å². The zero-order valence-electron chi connectivity index (χ0n) is 9.58. The zero-order chi connectivity index (χ0) is 12.1. The van der Waals surface area contributed by atoms with Gasteiger partial charge in [0.15, 0.2) is 0 Å². The van der Waals surface area contributed by atoms with Crippen molar-refractivity contribution in [3.8, 4) is 0 Å². The molecule has 0 saturated heterocycles. The third-order valence-electron chi connectivity index (χ3n) is 2.38. The predicted octanol–water partition coefficient (Wildman–Crippen LogP) is 2.44. The molecule has 16 heavy (non-hydrogen) atoms. The van der Waals surface area contributed by atoms with Crippen molar-refractivity contribution in [1.82, 2.24) is 4.90 Å². The molecule has 4 heteroatoms. The number of aliphatic hydroxyl groups excluding tert-OH is 1. The fourth-order valence-corrected chi connectivity index (χ4v) is 1.78. The lowest BCUT2D eigenvalue weighted by atomic mass is 10.1. The highest BCUT2D eigenvalue weighted by atomic mass is 79.9. The van der Waals surface area contributed by atoms with Gasteiger partial charge in [-0.15, -0.1) is 0 Å².